The summed E-state index contributed by atoms with van der Waals surface area (Å²) in [6.07, 6.45) is -2.36. The molecule has 0 bridgehead atoms. The molecule has 1 aliphatic heterocycles. The van der Waals surface area contributed by atoms with E-state index in [4.69, 9.17) is 4.74 Å². The predicted octanol–water partition coefficient (Wildman–Crippen LogP) is 4.59. The van der Waals surface area contributed by atoms with E-state index in [2.05, 4.69) is 25.9 Å². The number of carbonyl (C=O) groups is 3. The third kappa shape index (κ3) is 7.13. The predicted molar refractivity (Wildman–Crippen MR) is 167 cm³/mol. The molecule has 4 atom stereocenters. The molecule has 16 heteroatoms. The Morgan fingerprint density at radius 3 is 2.35 bits per heavy atom. The van der Waals surface area contributed by atoms with Gasteiger partial charge in [-0.25, -0.2) is 27.7 Å². The number of amides is 3. The van der Waals surface area contributed by atoms with Gasteiger partial charge in [0.15, 0.2) is 11.5 Å². The van der Waals surface area contributed by atoms with Gasteiger partial charge in [-0.15, -0.1) is 0 Å². The molecule has 1 unspecified atom stereocenters. The number of pyridine rings is 2. The summed E-state index contributed by atoms with van der Waals surface area (Å²) >= 11 is 0. The van der Waals surface area contributed by atoms with Crippen LogP contribution in [-0.2, 0) is 11.2 Å². The van der Waals surface area contributed by atoms with E-state index in [1.54, 1.807) is 32.6 Å². The molecule has 13 nitrogen and oxygen atoms in total. The standard InChI is InChI=1S/C32H35F3N6O7/c1-14-12-41(13-21(28(14)43)38-30(45)46)27-15-8-9-22(42)24(15)36-11-20(27)37-29(44)26-19(39-31(47)48-32(2,3)4)10-18(35)25(40-26)23-16(33)6-5-7-17(23)34/h5-7,10-11,14,21-22,28,38,42-43H,8-9,12-13H2,1-4H3,(H,37,44)(H,39,47)(H,45,46)/t14-,21+,22?,28+/m0/s1. The van der Waals surface area contributed by atoms with Crippen LogP contribution < -0.4 is 20.9 Å². The van der Waals surface area contributed by atoms with Gasteiger partial charge in [-0.2, -0.15) is 0 Å². The van der Waals surface area contributed by atoms with Crippen molar-refractivity contribution in [1.29, 1.82) is 0 Å². The maximum atomic E-state index is 15.4. The SMILES string of the molecule is C[C@H]1CN(c2c(NC(=O)c3nc(-c4c(F)cccc4F)c(F)cc3NC(=O)OC(C)(C)C)cnc3c2CCC3O)C[C@@H](NC(=O)O)[C@@H]1O. The number of benzene rings is 1. The molecule has 3 amide bonds. The quantitative estimate of drug-likeness (QED) is 0.216. The molecule has 1 aromatic carbocycles. The summed E-state index contributed by atoms with van der Waals surface area (Å²) in [5.74, 6) is -5.00. The first-order valence-electron chi connectivity index (χ1n) is 15.1. The van der Waals surface area contributed by atoms with Gasteiger partial charge in [0.2, 0.25) is 0 Å². The highest BCUT2D eigenvalue weighted by atomic mass is 19.1. The summed E-state index contributed by atoms with van der Waals surface area (Å²) in [6.45, 7) is 6.69. The third-order valence-corrected chi connectivity index (χ3v) is 7.99. The van der Waals surface area contributed by atoms with Crippen molar-refractivity contribution in [2.45, 2.75) is 64.4 Å². The number of fused-ring (bicyclic) bond motifs is 1. The van der Waals surface area contributed by atoms with Gasteiger partial charge in [-0.05, 0) is 45.7 Å². The Balaban J connectivity index is 1.60. The van der Waals surface area contributed by atoms with Crippen molar-refractivity contribution in [3.8, 4) is 11.3 Å². The van der Waals surface area contributed by atoms with E-state index in [0.717, 1.165) is 18.2 Å². The lowest BCUT2D eigenvalue weighted by Gasteiger charge is -2.42. The number of rotatable bonds is 6. The molecule has 3 aromatic rings. The lowest BCUT2D eigenvalue weighted by Crippen LogP contribution is -2.58. The zero-order chi connectivity index (χ0) is 35.1. The second-order valence-corrected chi connectivity index (χ2v) is 12.8. The van der Waals surface area contributed by atoms with Crippen LogP contribution in [0.1, 0.15) is 62.0 Å². The monoisotopic (exact) mass is 672 g/mol. The van der Waals surface area contributed by atoms with E-state index in [0.29, 0.717) is 35.9 Å². The highest BCUT2D eigenvalue weighted by Crippen LogP contribution is 2.42. The Labute approximate surface area is 273 Å². The number of aliphatic hydroxyl groups excluding tert-OH is 2. The Morgan fingerprint density at radius 1 is 1.02 bits per heavy atom. The number of anilines is 3. The Bertz CT molecular complexity index is 1750. The van der Waals surface area contributed by atoms with E-state index in [-0.39, 0.29) is 18.8 Å². The third-order valence-electron chi connectivity index (χ3n) is 7.99. The molecule has 3 heterocycles. The number of piperidine rings is 1. The van der Waals surface area contributed by atoms with Crippen molar-refractivity contribution in [1.82, 2.24) is 15.3 Å². The molecule has 48 heavy (non-hydrogen) atoms. The molecule has 256 valence electrons. The molecule has 1 fully saturated rings. The Hall–Kier alpha value is -4.96. The van der Waals surface area contributed by atoms with Crippen molar-refractivity contribution in [2.75, 3.05) is 28.6 Å². The average molecular weight is 673 g/mol. The Morgan fingerprint density at radius 2 is 1.71 bits per heavy atom. The molecular weight excluding hydrogens is 637 g/mol. The van der Waals surface area contributed by atoms with Gasteiger partial charge in [0.05, 0.1) is 52.8 Å². The summed E-state index contributed by atoms with van der Waals surface area (Å²) in [4.78, 5) is 48.2. The van der Waals surface area contributed by atoms with Gasteiger partial charge in [0.1, 0.15) is 22.9 Å². The minimum absolute atomic E-state index is 0.00974. The van der Waals surface area contributed by atoms with Crippen LogP contribution in [0, 0.1) is 23.4 Å². The first-order valence-corrected chi connectivity index (χ1v) is 15.1. The molecule has 2 aromatic heterocycles. The van der Waals surface area contributed by atoms with Crippen LogP contribution in [0.15, 0.2) is 30.5 Å². The fourth-order valence-electron chi connectivity index (χ4n) is 5.96. The van der Waals surface area contributed by atoms with Crippen molar-refractivity contribution < 1.29 is 47.6 Å². The van der Waals surface area contributed by atoms with Crippen molar-refractivity contribution in [3.05, 3.63) is 64.9 Å². The lowest BCUT2D eigenvalue weighted by molar-refractivity contribution is 0.0633. The van der Waals surface area contributed by atoms with Gasteiger partial charge in [0, 0.05) is 30.6 Å². The Kier molecular flexibility index (Phi) is 9.51. The molecule has 6 N–H and O–H groups in total. The van der Waals surface area contributed by atoms with Gasteiger partial charge in [-0.3, -0.25) is 15.1 Å². The summed E-state index contributed by atoms with van der Waals surface area (Å²) < 4.78 is 50.2. The number of ether oxygens (including phenoxy) is 1. The molecule has 1 aliphatic carbocycles. The fourth-order valence-corrected chi connectivity index (χ4v) is 5.96. The zero-order valence-electron chi connectivity index (χ0n) is 26.5. The van der Waals surface area contributed by atoms with Crippen LogP contribution in [0.3, 0.4) is 0 Å². The summed E-state index contributed by atoms with van der Waals surface area (Å²) in [6, 6.07) is 2.65. The topological polar surface area (TPSA) is 186 Å². The largest absolute Gasteiger partial charge is 0.465 e. The molecule has 1 saturated heterocycles. The molecule has 2 aliphatic rings. The zero-order valence-corrected chi connectivity index (χ0v) is 26.5. The smallest absolute Gasteiger partial charge is 0.412 e. The van der Waals surface area contributed by atoms with Gasteiger partial charge in [-0.1, -0.05) is 13.0 Å². The number of hydrogen-bond acceptors (Lipinski definition) is 9. The number of nitrogens with zero attached hydrogens (tertiary/aromatic N) is 3. The summed E-state index contributed by atoms with van der Waals surface area (Å²) in [5, 5.41) is 37.9. The highest BCUT2D eigenvalue weighted by molar-refractivity contribution is 6.10. The van der Waals surface area contributed by atoms with Crippen LogP contribution >= 0.6 is 0 Å². The maximum Gasteiger partial charge on any atom is 0.412 e. The number of aromatic nitrogens is 2. The van der Waals surface area contributed by atoms with Crippen LogP contribution in [0.4, 0.5) is 39.8 Å². The first-order chi connectivity index (χ1) is 22.5. The molecule has 0 saturated carbocycles. The van der Waals surface area contributed by atoms with Crippen LogP contribution in [0.2, 0.25) is 0 Å². The van der Waals surface area contributed by atoms with Crippen LogP contribution in [-0.4, -0.2) is 74.2 Å². The number of nitrogens with one attached hydrogen (secondary N) is 3. The van der Waals surface area contributed by atoms with Crippen LogP contribution in [0.5, 0.6) is 0 Å². The second kappa shape index (κ2) is 13.3. The molecular formula is C32H35F3N6O7. The van der Waals surface area contributed by atoms with Gasteiger partial charge >= 0.3 is 12.2 Å². The summed E-state index contributed by atoms with van der Waals surface area (Å²) in [7, 11) is 0. The number of carboxylic acid groups (broad SMARTS) is 1. The van der Waals surface area contributed by atoms with Gasteiger partial charge < -0.3 is 35.6 Å². The normalized spacial score (nSPS) is 20.6. The number of carbonyl (C=O) groups excluding carboxylic acids is 2. The maximum absolute atomic E-state index is 15.4. The summed E-state index contributed by atoms with van der Waals surface area (Å²) in [5.41, 5.74) is -2.33. The van der Waals surface area contributed by atoms with Crippen molar-refractivity contribution >= 4 is 35.2 Å². The van der Waals surface area contributed by atoms with Crippen molar-refractivity contribution in [3.63, 3.8) is 0 Å². The first kappa shape index (κ1) is 34.4. The van der Waals surface area contributed by atoms with E-state index in [1.807, 2.05) is 0 Å². The van der Waals surface area contributed by atoms with Crippen molar-refractivity contribution in [2.24, 2.45) is 5.92 Å². The number of hydrogen-bond donors (Lipinski definition) is 6. The highest BCUT2D eigenvalue weighted by Gasteiger charge is 2.38. The molecule has 0 spiro atoms. The van der Waals surface area contributed by atoms with Crippen LogP contribution in [0.25, 0.3) is 11.3 Å². The lowest BCUT2D eigenvalue weighted by atomic mass is 9.91. The van der Waals surface area contributed by atoms with E-state index >= 15 is 4.39 Å². The molecule has 0 radical (unpaired) electrons. The van der Waals surface area contributed by atoms with E-state index in [9.17, 15) is 38.5 Å². The number of halogens is 3. The molecule has 5 rings (SSSR count). The minimum Gasteiger partial charge on any atom is -0.465 e. The van der Waals surface area contributed by atoms with Gasteiger partial charge in [0.25, 0.3) is 5.91 Å². The average Bonchev–Trinajstić information content (AvgIpc) is 3.35. The number of aliphatic hydroxyl groups is 2. The fraction of sp³-hybridized carbons (Fsp3) is 0.406. The minimum atomic E-state index is -1.34. The van der Waals surface area contributed by atoms with E-state index in [1.165, 1.54) is 6.20 Å². The van der Waals surface area contributed by atoms with E-state index < -0.39 is 88.0 Å². The second-order valence-electron chi connectivity index (χ2n) is 12.8.